The zero-order chi connectivity index (χ0) is 20.4. The van der Waals surface area contributed by atoms with Crippen molar-refractivity contribution in [3.8, 4) is 5.75 Å². The van der Waals surface area contributed by atoms with Gasteiger partial charge in [0.05, 0.1) is 44.5 Å². The minimum atomic E-state index is -1.06. The first-order chi connectivity index (χ1) is 14.1. The minimum Gasteiger partial charge on any atom is -0.497 e. The highest BCUT2D eigenvalue weighted by molar-refractivity contribution is 7.99. The molecule has 1 saturated heterocycles. The molecule has 3 heterocycles. The third-order valence-electron chi connectivity index (χ3n) is 5.20. The number of hydrogen-bond acceptors (Lipinski definition) is 8. The van der Waals surface area contributed by atoms with Crippen LogP contribution >= 0.6 is 23.4 Å². The maximum atomic E-state index is 10.0. The normalized spacial score (nSPS) is 21.0. The van der Waals surface area contributed by atoms with Gasteiger partial charge in [-0.2, -0.15) is 0 Å². The van der Waals surface area contributed by atoms with Gasteiger partial charge >= 0.3 is 0 Å². The zero-order valence-corrected chi connectivity index (χ0v) is 17.3. The predicted octanol–water partition coefficient (Wildman–Crippen LogP) is 2.08. The third-order valence-corrected chi connectivity index (χ3v) is 7.08. The molecule has 4 rings (SSSR count). The molecule has 0 unspecified atom stereocenters. The summed E-state index contributed by atoms with van der Waals surface area (Å²) < 4.78 is 13.0. The van der Waals surface area contributed by atoms with E-state index >= 15 is 0 Å². The average Bonchev–Trinajstić information content (AvgIpc) is 3.35. The zero-order valence-electron chi connectivity index (χ0n) is 15.7. The fourth-order valence-electron chi connectivity index (χ4n) is 3.56. The van der Waals surface area contributed by atoms with Gasteiger partial charge in [-0.15, -0.1) is 11.8 Å². The van der Waals surface area contributed by atoms with Crippen LogP contribution in [0.25, 0.3) is 11.2 Å². The molecular weight excluding hydrogens is 416 g/mol. The van der Waals surface area contributed by atoms with Crippen LogP contribution in [-0.4, -0.2) is 67.5 Å². The van der Waals surface area contributed by atoms with E-state index < -0.39 is 5.60 Å². The number of thioether (sulfide) groups is 1. The lowest BCUT2D eigenvalue weighted by molar-refractivity contribution is -0.0693. The molecule has 1 aliphatic rings. The van der Waals surface area contributed by atoms with Crippen molar-refractivity contribution in [1.29, 1.82) is 0 Å². The predicted molar refractivity (Wildman–Crippen MR) is 110 cm³/mol. The first-order valence-corrected chi connectivity index (χ1v) is 10.5. The molecule has 0 aliphatic carbocycles. The molecule has 2 N–H and O–H groups in total. The van der Waals surface area contributed by atoms with Crippen molar-refractivity contribution in [2.75, 3.05) is 26.9 Å². The number of rotatable bonds is 7. The number of benzene rings is 1. The van der Waals surface area contributed by atoms with Gasteiger partial charge in [0.1, 0.15) is 23.2 Å². The van der Waals surface area contributed by atoms with E-state index in [0.717, 1.165) is 11.3 Å². The molecule has 1 aromatic carbocycles. The molecular formula is C19H21ClN4O4S. The number of ether oxygens (including phenoxy) is 2. The van der Waals surface area contributed by atoms with Crippen LogP contribution in [0.2, 0.25) is 5.15 Å². The van der Waals surface area contributed by atoms with E-state index in [9.17, 15) is 10.2 Å². The molecule has 0 saturated carbocycles. The van der Waals surface area contributed by atoms with Crippen molar-refractivity contribution in [2.24, 2.45) is 0 Å². The first kappa shape index (κ1) is 20.4. The number of imidazole rings is 1. The molecule has 0 spiro atoms. The molecule has 1 fully saturated rings. The largest absolute Gasteiger partial charge is 0.497 e. The summed E-state index contributed by atoms with van der Waals surface area (Å²) in [5.41, 5.74) is 1.15. The number of halogens is 1. The number of methoxy groups -OCH3 is 1. The Morgan fingerprint density at radius 1 is 1.24 bits per heavy atom. The van der Waals surface area contributed by atoms with E-state index in [4.69, 9.17) is 21.1 Å². The second-order valence-corrected chi connectivity index (χ2v) is 8.32. The van der Waals surface area contributed by atoms with Crippen molar-refractivity contribution in [1.82, 2.24) is 19.5 Å². The second-order valence-electron chi connectivity index (χ2n) is 6.83. The Morgan fingerprint density at radius 3 is 2.69 bits per heavy atom. The summed E-state index contributed by atoms with van der Waals surface area (Å²) in [4.78, 5) is 12.6. The highest BCUT2D eigenvalue weighted by Crippen LogP contribution is 2.43. The van der Waals surface area contributed by atoms with Crippen molar-refractivity contribution in [2.45, 2.75) is 22.6 Å². The lowest BCUT2D eigenvalue weighted by Crippen LogP contribution is -2.47. The van der Waals surface area contributed by atoms with Gasteiger partial charge in [-0.3, -0.25) is 0 Å². The van der Waals surface area contributed by atoms with Crippen LogP contribution in [0, 0.1) is 0 Å². The van der Waals surface area contributed by atoms with Crippen molar-refractivity contribution in [3.05, 3.63) is 47.6 Å². The van der Waals surface area contributed by atoms with Crippen LogP contribution in [0.5, 0.6) is 5.75 Å². The third kappa shape index (κ3) is 3.69. The topological polar surface area (TPSA) is 103 Å². The summed E-state index contributed by atoms with van der Waals surface area (Å²) in [5.74, 6) is 1.47. The average molecular weight is 437 g/mol. The molecule has 10 heteroatoms. The van der Waals surface area contributed by atoms with Crippen molar-refractivity contribution in [3.63, 3.8) is 0 Å². The summed E-state index contributed by atoms with van der Waals surface area (Å²) in [7, 11) is 1.63. The van der Waals surface area contributed by atoms with Gasteiger partial charge in [0.25, 0.3) is 0 Å². The number of fused-ring (bicyclic) bond motifs is 1. The highest BCUT2D eigenvalue weighted by Gasteiger charge is 2.51. The minimum absolute atomic E-state index is 0.187. The number of aromatic nitrogens is 4. The Bertz CT molecular complexity index is 980. The summed E-state index contributed by atoms with van der Waals surface area (Å²) in [6.07, 6.45) is 3.05. The van der Waals surface area contributed by atoms with Crippen LogP contribution in [0.15, 0.2) is 36.9 Å². The van der Waals surface area contributed by atoms with E-state index in [2.05, 4.69) is 15.0 Å². The summed E-state index contributed by atoms with van der Waals surface area (Å²) in [6.45, 7) is -0.264. The number of nitrogens with zero attached hydrogens (tertiary/aromatic N) is 4. The molecule has 0 bridgehead atoms. The number of aliphatic hydroxyl groups excluding tert-OH is 2. The smallest absolute Gasteiger partial charge is 0.165 e. The Balaban J connectivity index is 1.64. The quantitative estimate of drug-likeness (QED) is 0.543. The molecule has 2 aromatic heterocycles. The lowest BCUT2D eigenvalue weighted by atomic mass is 9.99. The van der Waals surface area contributed by atoms with Gasteiger partial charge in [0.2, 0.25) is 0 Å². The summed E-state index contributed by atoms with van der Waals surface area (Å²) in [5, 5.41) is 20.1. The molecule has 1 aliphatic heterocycles. The van der Waals surface area contributed by atoms with E-state index in [1.165, 1.54) is 6.33 Å². The van der Waals surface area contributed by atoms with E-state index in [-0.39, 0.29) is 29.7 Å². The van der Waals surface area contributed by atoms with Crippen LogP contribution in [0.1, 0.15) is 11.6 Å². The Kier molecular flexibility index (Phi) is 5.93. The van der Waals surface area contributed by atoms with Gasteiger partial charge in [-0.25, -0.2) is 15.0 Å². The number of aliphatic hydroxyl groups is 2. The monoisotopic (exact) mass is 436 g/mol. The summed E-state index contributed by atoms with van der Waals surface area (Å²) >= 11 is 7.75. The Morgan fingerprint density at radius 2 is 2.00 bits per heavy atom. The molecule has 2 atom stereocenters. The molecule has 8 nitrogen and oxygen atoms in total. The van der Waals surface area contributed by atoms with E-state index in [1.807, 2.05) is 28.8 Å². The van der Waals surface area contributed by atoms with Crippen LogP contribution < -0.4 is 4.74 Å². The van der Waals surface area contributed by atoms with Gasteiger partial charge in [-0.05, 0) is 17.7 Å². The van der Waals surface area contributed by atoms with Crippen LogP contribution in [0.3, 0.4) is 0 Å². The fourth-order valence-corrected chi connectivity index (χ4v) is 5.25. The first-order valence-electron chi connectivity index (χ1n) is 9.05. The van der Waals surface area contributed by atoms with Gasteiger partial charge in [-0.1, -0.05) is 23.7 Å². The van der Waals surface area contributed by atoms with Crippen molar-refractivity contribution >= 4 is 34.5 Å². The number of hydrogen-bond donors (Lipinski definition) is 2. The van der Waals surface area contributed by atoms with E-state index in [0.29, 0.717) is 23.5 Å². The SMILES string of the molecule is COc1ccc(CS[C@H]2[C@H](n3cnc4c(Cl)ncnc43)COC2(CO)CO)cc1. The Hall–Kier alpha value is -1.91. The molecule has 0 amide bonds. The van der Waals surface area contributed by atoms with Gasteiger partial charge in [0, 0.05) is 5.75 Å². The van der Waals surface area contributed by atoms with Gasteiger partial charge in [0.15, 0.2) is 10.8 Å². The molecule has 3 aromatic rings. The van der Waals surface area contributed by atoms with Gasteiger partial charge < -0.3 is 24.3 Å². The Labute approximate surface area is 176 Å². The summed E-state index contributed by atoms with van der Waals surface area (Å²) in [6, 6.07) is 7.62. The van der Waals surface area contributed by atoms with Crippen LogP contribution in [0.4, 0.5) is 0 Å². The maximum absolute atomic E-state index is 10.0. The van der Waals surface area contributed by atoms with Crippen molar-refractivity contribution < 1.29 is 19.7 Å². The lowest BCUT2D eigenvalue weighted by Gasteiger charge is -2.32. The molecule has 29 heavy (non-hydrogen) atoms. The molecule has 154 valence electrons. The standard InChI is InChI=1S/C19H21ClN4O4S/c1-27-13-4-2-12(3-5-13)7-29-16-14(6-28-19(16,8-25)9-26)24-11-23-15-17(20)21-10-22-18(15)24/h2-5,10-11,14,16,25-26H,6-9H2,1H3/t14-,16+/m1/s1. The second kappa shape index (κ2) is 8.45. The maximum Gasteiger partial charge on any atom is 0.165 e. The molecule has 0 radical (unpaired) electrons. The fraction of sp³-hybridized carbons (Fsp3) is 0.421. The highest BCUT2D eigenvalue weighted by atomic mass is 35.5. The van der Waals surface area contributed by atoms with E-state index in [1.54, 1.807) is 25.2 Å². The van der Waals surface area contributed by atoms with Crippen LogP contribution in [-0.2, 0) is 10.5 Å².